The molecule has 58 heavy (non-hydrogen) atoms. The number of amides is 1. The molecule has 6 rings (SSSR count). The number of hydrogen-bond acceptors (Lipinski definition) is 10. The van der Waals surface area contributed by atoms with E-state index in [1.807, 2.05) is 6.07 Å². The van der Waals surface area contributed by atoms with Gasteiger partial charge in [-0.3, -0.25) is 4.79 Å². The van der Waals surface area contributed by atoms with Crippen LogP contribution >= 0.6 is 0 Å². The predicted octanol–water partition coefficient (Wildman–Crippen LogP) is 6.95. The number of benzene rings is 3. The summed E-state index contributed by atoms with van der Waals surface area (Å²) in [7, 11) is -1.26. The molecule has 3 N–H and O–H groups in total. The number of rotatable bonds is 19. The predicted molar refractivity (Wildman–Crippen MR) is 218 cm³/mol. The number of nitrogens with zero attached hydrogens (tertiary/aromatic N) is 2. The molecular weight excluding hydrogens is 766 g/mol. The highest BCUT2D eigenvalue weighted by molar-refractivity contribution is 7.89. The molecule has 0 aromatic heterocycles. The zero-order valence-electron chi connectivity index (χ0n) is 33.3. The summed E-state index contributed by atoms with van der Waals surface area (Å²) in [5.74, 6) is -2.22. The number of carbonyl (C=O) groups is 1. The molecule has 1 saturated carbocycles. The van der Waals surface area contributed by atoms with E-state index in [9.17, 15) is 27.8 Å². The van der Waals surface area contributed by atoms with Crippen LogP contribution in [-0.2, 0) is 31.0 Å². The van der Waals surface area contributed by atoms with E-state index in [0.29, 0.717) is 41.3 Å². The number of halogens is 1. The SMILES string of the molecule is C=CCOC12Oc3ccc(OCc4ccccc4F)cc3C3C(CCCCO)C(CCCCO)C=C(C(=NOC)CC1N(C)S(=O)(=O)c1ccc(NC(C)=O)cc1)C32. The minimum atomic E-state index is -4.22. The van der Waals surface area contributed by atoms with E-state index < -0.39 is 27.8 Å². The maximum atomic E-state index is 14.6. The quantitative estimate of drug-likeness (QED) is 0.0662. The van der Waals surface area contributed by atoms with Gasteiger partial charge in [0.2, 0.25) is 21.7 Å². The number of anilines is 1. The van der Waals surface area contributed by atoms with Crippen LogP contribution in [-0.4, -0.2) is 80.4 Å². The lowest BCUT2D eigenvalue weighted by molar-refractivity contribution is -0.250. The lowest BCUT2D eigenvalue weighted by atomic mass is 9.55. The fourth-order valence-corrected chi connectivity index (χ4v) is 10.3. The number of likely N-dealkylation sites (N-methyl/N-ethyl adjacent to an activating group) is 1. The van der Waals surface area contributed by atoms with Crippen LogP contribution in [0.1, 0.15) is 68.9 Å². The fraction of sp³-hybridized carbons (Fsp3) is 0.455. The van der Waals surface area contributed by atoms with E-state index in [2.05, 4.69) is 23.1 Å². The summed E-state index contributed by atoms with van der Waals surface area (Å²) in [4.78, 5) is 17.1. The summed E-state index contributed by atoms with van der Waals surface area (Å²) < 4.78 is 65.4. The summed E-state index contributed by atoms with van der Waals surface area (Å²) in [6.07, 6.45) is 8.13. The van der Waals surface area contributed by atoms with E-state index in [1.165, 1.54) is 55.7 Å². The van der Waals surface area contributed by atoms with E-state index in [1.54, 1.807) is 36.4 Å². The second-order valence-electron chi connectivity index (χ2n) is 15.1. The van der Waals surface area contributed by atoms with Gasteiger partial charge < -0.3 is 34.6 Å². The molecule has 1 heterocycles. The number of aliphatic hydroxyl groups excluding tert-OH is 2. The summed E-state index contributed by atoms with van der Waals surface area (Å²) in [5.41, 5.74) is 3.08. The van der Waals surface area contributed by atoms with Gasteiger partial charge in [0.1, 0.15) is 31.0 Å². The first-order valence-electron chi connectivity index (χ1n) is 19.8. The number of aliphatic hydroxyl groups is 2. The van der Waals surface area contributed by atoms with Crippen molar-refractivity contribution in [2.24, 2.45) is 22.9 Å². The van der Waals surface area contributed by atoms with Crippen LogP contribution in [0.3, 0.4) is 0 Å². The highest BCUT2D eigenvalue weighted by Gasteiger charge is 2.65. The summed E-state index contributed by atoms with van der Waals surface area (Å²) >= 11 is 0. The normalized spacial score (nSPS) is 24.3. The number of unbranched alkanes of at least 4 members (excludes halogenated alkanes) is 2. The topological polar surface area (TPSA) is 156 Å². The maximum absolute atomic E-state index is 14.6. The summed E-state index contributed by atoms with van der Waals surface area (Å²) in [6, 6.07) is 16.9. The van der Waals surface area contributed by atoms with Crippen molar-refractivity contribution in [1.29, 1.82) is 0 Å². The van der Waals surface area contributed by atoms with Gasteiger partial charge in [-0.15, -0.1) is 6.58 Å². The Morgan fingerprint density at radius 2 is 1.79 bits per heavy atom. The lowest BCUT2D eigenvalue weighted by Gasteiger charge is -2.59. The van der Waals surface area contributed by atoms with Crippen molar-refractivity contribution >= 4 is 27.3 Å². The molecule has 3 aromatic carbocycles. The molecule has 6 unspecified atom stereocenters. The van der Waals surface area contributed by atoms with Gasteiger partial charge in [0, 0.05) is 56.3 Å². The van der Waals surface area contributed by atoms with Gasteiger partial charge in [0.25, 0.3) is 0 Å². The minimum absolute atomic E-state index is 0.00281. The molecule has 6 atom stereocenters. The first kappa shape index (κ1) is 43.0. The smallest absolute Gasteiger partial charge is 0.243 e. The number of ether oxygens (including phenoxy) is 3. The Balaban J connectivity index is 1.53. The van der Waals surface area contributed by atoms with E-state index in [4.69, 9.17) is 19.0 Å². The first-order chi connectivity index (χ1) is 28.0. The second-order valence-corrected chi connectivity index (χ2v) is 17.1. The molecule has 312 valence electrons. The van der Waals surface area contributed by atoms with E-state index in [-0.39, 0.29) is 67.2 Å². The van der Waals surface area contributed by atoms with Crippen LogP contribution in [0.5, 0.6) is 11.5 Å². The van der Waals surface area contributed by atoms with Crippen LogP contribution in [0.4, 0.5) is 10.1 Å². The highest BCUT2D eigenvalue weighted by atomic mass is 32.2. The summed E-state index contributed by atoms with van der Waals surface area (Å²) in [6.45, 7) is 5.45. The zero-order chi connectivity index (χ0) is 41.5. The maximum Gasteiger partial charge on any atom is 0.243 e. The highest BCUT2D eigenvalue weighted by Crippen LogP contribution is 2.62. The van der Waals surface area contributed by atoms with Crippen LogP contribution in [0.2, 0.25) is 0 Å². The molecular formula is C44H54FN3O9S. The number of hydrogen-bond donors (Lipinski definition) is 3. The number of sulfonamides is 1. The van der Waals surface area contributed by atoms with Crippen molar-refractivity contribution < 1.29 is 46.9 Å². The molecule has 3 aromatic rings. The van der Waals surface area contributed by atoms with E-state index in [0.717, 1.165) is 36.8 Å². The monoisotopic (exact) mass is 819 g/mol. The average molecular weight is 820 g/mol. The minimum Gasteiger partial charge on any atom is -0.489 e. The largest absolute Gasteiger partial charge is 0.489 e. The van der Waals surface area contributed by atoms with Gasteiger partial charge in [0.05, 0.1) is 29.2 Å². The second kappa shape index (κ2) is 19.0. The van der Waals surface area contributed by atoms with Gasteiger partial charge >= 0.3 is 0 Å². The molecule has 1 fully saturated rings. The van der Waals surface area contributed by atoms with E-state index >= 15 is 0 Å². The van der Waals surface area contributed by atoms with Crippen LogP contribution in [0, 0.1) is 23.6 Å². The van der Waals surface area contributed by atoms with Crippen molar-refractivity contribution in [3.63, 3.8) is 0 Å². The molecule has 1 amide bonds. The Labute approximate surface area is 340 Å². The van der Waals surface area contributed by atoms with Gasteiger partial charge in [-0.2, -0.15) is 4.31 Å². The Bertz CT molecular complexity index is 2090. The van der Waals surface area contributed by atoms with Crippen molar-refractivity contribution in [1.82, 2.24) is 4.31 Å². The fourth-order valence-electron chi connectivity index (χ4n) is 8.93. The van der Waals surface area contributed by atoms with Crippen molar-refractivity contribution in [3.8, 4) is 11.5 Å². The molecule has 0 bridgehead atoms. The molecule has 12 nitrogen and oxygen atoms in total. The Morgan fingerprint density at radius 1 is 1.07 bits per heavy atom. The number of nitrogens with one attached hydrogen (secondary N) is 1. The van der Waals surface area contributed by atoms with Crippen molar-refractivity contribution in [2.45, 2.75) is 81.1 Å². The number of carbonyl (C=O) groups excluding carboxylic acids is 1. The van der Waals surface area contributed by atoms with Crippen LogP contribution in [0.15, 0.2) is 101 Å². The molecule has 14 heteroatoms. The molecule has 2 aliphatic carbocycles. The molecule has 1 aliphatic heterocycles. The van der Waals surface area contributed by atoms with Gasteiger partial charge in [0.15, 0.2) is 0 Å². The van der Waals surface area contributed by atoms with Crippen LogP contribution in [0.25, 0.3) is 0 Å². The Kier molecular flexibility index (Phi) is 14.1. The number of oxime groups is 1. The standard InChI is InChI=1S/C44H54FN3O9S/c1-5-24-56-44-41(48(3)58(52,53)34-19-16-32(17-20-34)46-29(2)51)27-39(47-54-4)36-25-30(12-8-10-22-49)35(14-9-11-23-50)42(43(36)44)37-26-33(18-21-40(37)57-44)55-28-31-13-6-7-15-38(31)45/h5-7,13,15-21,25-26,30,35,41-43,49-50H,1,8-12,14,22-24,27-28H2,2-4H3,(H,46,51). The average Bonchev–Trinajstić information content (AvgIpc) is 3.21. The molecule has 0 spiro atoms. The lowest BCUT2D eigenvalue weighted by Crippen LogP contribution is -2.69. The third kappa shape index (κ3) is 8.86. The third-order valence-electron chi connectivity index (χ3n) is 11.5. The van der Waals surface area contributed by atoms with Crippen LogP contribution < -0.4 is 14.8 Å². The van der Waals surface area contributed by atoms with Gasteiger partial charge in [-0.05, 0) is 91.6 Å². The molecule has 0 radical (unpaired) electrons. The Morgan fingerprint density at radius 3 is 2.47 bits per heavy atom. The molecule has 3 aliphatic rings. The van der Waals surface area contributed by atoms with Gasteiger partial charge in [-0.25, -0.2) is 12.8 Å². The Hall–Kier alpha value is -4.60. The van der Waals surface area contributed by atoms with Crippen molar-refractivity contribution in [2.75, 3.05) is 39.3 Å². The van der Waals surface area contributed by atoms with Gasteiger partial charge in [-0.1, -0.05) is 48.3 Å². The summed E-state index contributed by atoms with van der Waals surface area (Å²) in [5, 5.41) is 26.8. The first-order valence-corrected chi connectivity index (χ1v) is 21.3. The molecule has 0 saturated heterocycles. The number of fused-ring (bicyclic) bond motifs is 2. The number of allylic oxidation sites excluding steroid dienone is 1. The van der Waals surface area contributed by atoms with Crippen molar-refractivity contribution in [3.05, 3.63) is 108 Å². The third-order valence-corrected chi connectivity index (χ3v) is 13.4. The zero-order valence-corrected chi connectivity index (χ0v) is 34.1.